The van der Waals surface area contributed by atoms with Gasteiger partial charge in [0.2, 0.25) is 0 Å². The topological polar surface area (TPSA) is 33.1 Å². The Balaban J connectivity index is 1.76. The lowest BCUT2D eigenvalue weighted by Crippen LogP contribution is -2.31. The molecule has 1 saturated heterocycles. The van der Waals surface area contributed by atoms with Gasteiger partial charge in [0, 0.05) is 24.6 Å². The molecule has 1 unspecified atom stereocenters. The lowest BCUT2D eigenvalue weighted by Gasteiger charge is -2.29. The second kappa shape index (κ2) is 6.00. The Bertz CT molecular complexity index is 740. The van der Waals surface area contributed by atoms with Gasteiger partial charge in [0.05, 0.1) is 21.4 Å². The molecule has 1 N–H and O–H groups in total. The standard InChI is InChI=1S/C17H20Cl2N4/c1-22-8-2-3-11(10-22)16-13-6-7-20-17(13)23(21-16)12-4-5-14(18)15(19)9-12/h4-5,9,11,20H,2-3,6-8,10H2,1H3. The number of nitrogens with zero attached hydrogens (tertiary/aromatic N) is 3. The summed E-state index contributed by atoms with van der Waals surface area (Å²) in [6.45, 7) is 3.25. The monoisotopic (exact) mass is 350 g/mol. The zero-order valence-corrected chi connectivity index (χ0v) is 14.7. The highest BCUT2D eigenvalue weighted by atomic mass is 35.5. The van der Waals surface area contributed by atoms with Gasteiger partial charge < -0.3 is 10.2 Å². The van der Waals surface area contributed by atoms with Crippen molar-refractivity contribution in [2.24, 2.45) is 0 Å². The number of likely N-dealkylation sites (N-methyl/N-ethyl adjacent to an activating group) is 1. The molecular weight excluding hydrogens is 331 g/mol. The van der Waals surface area contributed by atoms with Crippen LogP contribution in [0.5, 0.6) is 0 Å². The van der Waals surface area contributed by atoms with E-state index in [9.17, 15) is 0 Å². The van der Waals surface area contributed by atoms with Crippen molar-refractivity contribution in [3.63, 3.8) is 0 Å². The highest BCUT2D eigenvalue weighted by molar-refractivity contribution is 6.42. The van der Waals surface area contributed by atoms with E-state index in [1.54, 1.807) is 0 Å². The molecule has 1 aromatic heterocycles. The number of piperidine rings is 1. The predicted molar refractivity (Wildman–Crippen MR) is 95.2 cm³/mol. The van der Waals surface area contributed by atoms with Crippen LogP contribution in [0.1, 0.15) is 30.0 Å². The van der Waals surface area contributed by atoms with Gasteiger partial charge in [0.15, 0.2) is 0 Å². The molecule has 0 aliphatic carbocycles. The van der Waals surface area contributed by atoms with Crippen LogP contribution in [-0.4, -0.2) is 41.4 Å². The van der Waals surface area contributed by atoms with Crippen LogP contribution in [0.2, 0.25) is 10.0 Å². The van der Waals surface area contributed by atoms with Crippen LogP contribution in [0.15, 0.2) is 18.2 Å². The van der Waals surface area contributed by atoms with E-state index < -0.39 is 0 Å². The zero-order chi connectivity index (χ0) is 16.0. The Morgan fingerprint density at radius 2 is 2.13 bits per heavy atom. The number of aromatic nitrogens is 2. The van der Waals surface area contributed by atoms with Gasteiger partial charge in [0.25, 0.3) is 0 Å². The van der Waals surface area contributed by atoms with E-state index >= 15 is 0 Å². The number of halogens is 2. The van der Waals surface area contributed by atoms with E-state index in [-0.39, 0.29) is 0 Å². The molecule has 0 radical (unpaired) electrons. The van der Waals surface area contributed by atoms with Crippen LogP contribution >= 0.6 is 23.2 Å². The average Bonchev–Trinajstić information content (AvgIpc) is 3.12. The minimum Gasteiger partial charge on any atom is -0.369 e. The van der Waals surface area contributed by atoms with Crippen LogP contribution < -0.4 is 5.32 Å². The van der Waals surface area contributed by atoms with E-state index in [2.05, 4.69) is 17.3 Å². The van der Waals surface area contributed by atoms with Gasteiger partial charge in [0.1, 0.15) is 5.82 Å². The first-order chi connectivity index (χ1) is 11.1. The van der Waals surface area contributed by atoms with E-state index in [1.807, 2.05) is 22.9 Å². The number of hydrogen-bond donors (Lipinski definition) is 1. The number of benzene rings is 1. The Labute approximate surface area is 146 Å². The summed E-state index contributed by atoms with van der Waals surface area (Å²) in [6, 6.07) is 5.68. The van der Waals surface area contributed by atoms with Gasteiger partial charge in [-0.1, -0.05) is 23.2 Å². The molecule has 3 heterocycles. The predicted octanol–water partition coefficient (Wildman–Crippen LogP) is 3.96. The summed E-state index contributed by atoms with van der Waals surface area (Å²) in [5.41, 5.74) is 3.58. The number of anilines is 1. The van der Waals surface area contributed by atoms with E-state index in [0.29, 0.717) is 16.0 Å². The van der Waals surface area contributed by atoms with Crippen LogP contribution in [0, 0.1) is 0 Å². The van der Waals surface area contributed by atoms with Crippen molar-refractivity contribution in [1.82, 2.24) is 14.7 Å². The summed E-state index contributed by atoms with van der Waals surface area (Å²) < 4.78 is 1.99. The number of hydrogen-bond acceptors (Lipinski definition) is 3. The van der Waals surface area contributed by atoms with Crippen molar-refractivity contribution in [2.75, 3.05) is 32.0 Å². The summed E-state index contributed by atoms with van der Waals surface area (Å²) in [6.07, 6.45) is 3.50. The van der Waals surface area contributed by atoms with Crippen molar-refractivity contribution < 1.29 is 0 Å². The Kier molecular flexibility index (Phi) is 4.00. The van der Waals surface area contributed by atoms with E-state index in [0.717, 1.165) is 31.0 Å². The van der Waals surface area contributed by atoms with Gasteiger partial charge in [-0.05, 0) is 51.1 Å². The number of likely N-dealkylation sites (tertiary alicyclic amines) is 1. The number of nitrogens with one attached hydrogen (secondary N) is 1. The molecule has 23 heavy (non-hydrogen) atoms. The van der Waals surface area contributed by atoms with E-state index in [4.69, 9.17) is 28.3 Å². The third kappa shape index (κ3) is 2.73. The quantitative estimate of drug-likeness (QED) is 0.889. The van der Waals surface area contributed by atoms with Crippen molar-refractivity contribution in [3.05, 3.63) is 39.5 Å². The molecule has 6 heteroatoms. The average molecular weight is 351 g/mol. The lowest BCUT2D eigenvalue weighted by atomic mass is 9.92. The van der Waals surface area contributed by atoms with Gasteiger partial charge in [-0.2, -0.15) is 5.10 Å². The fraction of sp³-hybridized carbons (Fsp3) is 0.471. The summed E-state index contributed by atoms with van der Waals surface area (Å²) in [5.74, 6) is 1.64. The number of rotatable bonds is 2. The second-order valence-corrected chi connectivity index (χ2v) is 7.32. The summed E-state index contributed by atoms with van der Waals surface area (Å²) in [5, 5.41) is 9.57. The maximum atomic E-state index is 6.19. The Morgan fingerprint density at radius 3 is 2.91 bits per heavy atom. The van der Waals surface area contributed by atoms with Crippen LogP contribution in [0.25, 0.3) is 5.69 Å². The minimum atomic E-state index is 0.520. The molecule has 4 nitrogen and oxygen atoms in total. The third-order valence-electron chi connectivity index (χ3n) is 4.84. The van der Waals surface area contributed by atoms with Crippen molar-refractivity contribution >= 4 is 29.0 Å². The molecule has 1 fully saturated rings. The molecule has 4 rings (SSSR count). The molecule has 2 aliphatic rings. The van der Waals surface area contributed by atoms with Gasteiger partial charge >= 0.3 is 0 Å². The molecule has 0 amide bonds. The molecule has 0 bridgehead atoms. The molecule has 122 valence electrons. The first-order valence-electron chi connectivity index (χ1n) is 8.13. The molecule has 1 atom stereocenters. The Morgan fingerprint density at radius 1 is 1.26 bits per heavy atom. The fourth-order valence-electron chi connectivity index (χ4n) is 3.72. The van der Waals surface area contributed by atoms with Crippen LogP contribution in [-0.2, 0) is 6.42 Å². The number of fused-ring (bicyclic) bond motifs is 1. The largest absolute Gasteiger partial charge is 0.369 e. The Hall–Kier alpha value is -1.23. The highest BCUT2D eigenvalue weighted by Gasteiger charge is 2.30. The van der Waals surface area contributed by atoms with E-state index in [1.165, 1.54) is 30.6 Å². The zero-order valence-electron chi connectivity index (χ0n) is 13.1. The first kappa shape index (κ1) is 15.3. The summed E-state index contributed by atoms with van der Waals surface area (Å²) in [4.78, 5) is 2.40. The molecular formula is C17H20Cl2N4. The molecule has 2 aromatic rings. The molecule has 0 spiro atoms. The van der Waals surface area contributed by atoms with Crippen molar-refractivity contribution in [1.29, 1.82) is 0 Å². The second-order valence-electron chi connectivity index (χ2n) is 6.50. The molecule has 1 aromatic carbocycles. The fourth-order valence-corrected chi connectivity index (χ4v) is 4.01. The van der Waals surface area contributed by atoms with Gasteiger partial charge in [-0.25, -0.2) is 4.68 Å². The molecule has 0 saturated carbocycles. The van der Waals surface area contributed by atoms with Crippen LogP contribution in [0.3, 0.4) is 0 Å². The smallest absolute Gasteiger partial charge is 0.133 e. The highest BCUT2D eigenvalue weighted by Crippen LogP contribution is 2.36. The third-order valence-corrected chi connectivity index (χ3v) is 5.58. The van der Waals surface area contributed by atoms with Crippen LogP contribution in [0.4, 0.5) is 5.82 Å². The van der Waals surface area contributed by atoms with Crippen molar-refractivity contribution in [3.8, 4) is 5.69 Å². The molecule has 2 aliphatic heterocycles. The SMILES string of the molecule is CN1CCCC(c2nn(-c3ccc(Cl)c(Cl)c3)c3c2CCN3)C1. The maximum absolute atomic E-state index is 6.19. The first-order valence-corrected chi connectivity index (χ1v) is 8.88. The summed E-state index contributed by atoms with van der Waals surface area (Å²) in [7, 11) is 2.20. The lowest BCUT2D eigenvalue weighted by molar-refractivity contribution is 0.247. The normalized spacial score (nSPS) is 21.3. The van der Waals surface area contributed by atoms with Crippen molar-refractivity contribution in [2.45, 2.75) is 25.2 Å². The summed E-state index contributed by atoms with van der Waals surface area (Å²) >= 11 is 12.2. The minimum absolute atomic E-state index is 0.520. The maximum Gasteiger partial charge on any atom is 0.133 e. The van der Waals surface area contributed by atoms with Gasteiger partial charge in [-0.15, -0.1) is 0 Å². The van der Waals surface area contributed by atoms with Gasteiger partial charge in [-0.3, -0.25) is 0 Å².